The Balaban J connectivity index is 2.27. The molecule has 0 radical (unpaired) electrons. The van der Waals surface area contributed by atoms with Crippen molar-refractivity contribution >= 4 is 11.3 Å². The largest absolute Gasteiger partial charge is 0.379 e. The SMILES string of the molecule is Cc1ccsc1C1(CC(C)(C)N)COC1. The van der Waals surface area contributed by atoms with Crippen molar-refractivity contribution in [2.75, 3.05) is 13.2 Å². The van der Waals surface area contributed by atoms with Crippen molar-refractivity contribution in [1.82, 2.24) is 0 Å². The molecule has 0 unspecified atom stereocenters. The number of aryl methyl sites for hydroxylation is 1. The summed E-state index contributed by atoms with van der Waals surface area (Å²) in [6, 6.07) is 2.18. The summed E-state index contributed by atoms with van der Waals surface area (Å²) in [6.07, 6.45) is 1.00. The maximum atomic E-state index is 6.14. The highest BCUT2D eigenvalue weighted by Crippen LogP contribution is 2.42. The lowest BCUT2D eigenvalue weighted by Crippen LogP contribution is -2.53. The van der Waals surface area contributed by atoms with E-state index in [0.29, 0.717) is 0 Å². The summed E-state index contributed by atoms with van der Waals surface area (Å²) in [5.41, 5.74) is 7.58. The molecule has 0 aliphatic carbocycles. The van der Waals surface area contributed by atoms with Gasteiger partial charge in [-0.3, -0.25) is 0 Å². The lowest BCUT2D eigenvalue weighted by molar-refractivity contribution is -0.0702. The molecule has 15 heavy (non-hydrogen) atoms. The zero-order valence-electron chi connectivity index (χ0n) is 9.67. The predicted octanol–water partition coefficient (Wildman–Crippen LogP) is 2.45. The molecule has 2 heterocycles. The van der Waals surface area contributed by atoms with Crippen molar-refractivity contribution in [2.24, 2.45) is 5.73 Å². The van der Waals surface area contributed by atoms with Gasteiger partial charge in [0.2, 0.25) is 0 Å². The molecule has 2 N–H and O–H groups in total. The van der Waals surface area contributed by atoms with Crippen LogP contribution in [0.3, 0.4) is 0 Å². The molecule has 0 saturated carbocycles. The molecule has 0 bridgehead atoms. The van der Waals surface area contributed by atoms with Crippen molar-refractivity contribution in [3.63, 3.8) is 0 Å². The maximum Gasteiger partial charge on any atom is 0.0594 e. The van der Waals surface area contributed by atoms with Crippen LogP contribution in [0.5, 0.6) is 0 Å². The molecule has 0 aromatic carbocycles. The van der Waals surface area contributed by atoms with Crippen LogP contribution in [0, 0.1) is 6.92 Å². The summed E-state index contributed by atoms with van der Waals surface area (Å²) in [4.78, 5) is 1.47. The normalized spacial score (nSPS) is 20.0. The summed E-state index contributed by atoms with van der Waals surface area (Å²) < 4.78 is 5.41. The summed E-state index contributed by atoms with van der Waals surface area (Å²) in [5, 5.41) is 2.16. The van der Waals surface area contributed by atoms with E-state index in [4.69, 9.17) is 10.5 Å². The van der Waals surface area contributed by atoms with Gasteiger partial charge in [0.1, 0.15) is 0 Å². The van der Waals surface area contributed by atoms with E-state index in [1.54, 1.807) is 0 Å². The minimum Gasteiger partial charge on any atom is -0.379 e. The Hall–Kier alpha value is -0.380. The topological polar surface area (TPSA) is 35.2 Å². The summed E-state index contributed by atoms with van der Waals surface area (Å²) in [5.74, 6) is 0. The molecule has 0 atom stereocenters. The van der Waals surface area contributed by atoms with Gasteiger partial charge < -0.3 is 10.5 Å². The molecule has 0 spiro atoms. The van der Waals surface area contributed by atoms with E-state index >= 15 is 0 Å². The van der Waals surface area contributed by atoms with Gasteiger partial charge in [0.25, 0.3) is 0 Å². The molecule has 1 aromatic rings. The lowest BCUT2D eigenvalue weighted by atomic mass is 9.73. The van der Waals surface area contributed by atoms with E-state index in [1.165, 1.54) is 10.4 Å². The quantitative estimate of drug-likeness (QED) is 0.857. The Morgan fingerprint density at radius 2 is 2.20 bits per heavy atom. The lowest BCUT2D eigenvalue weighted by Gasteiger charge is -2.45. The number of hydrogen-bond donors (Lipinski definition) is 1. The summed E-state index contributed by atoms with van der Waals surface area (Å²) >= 11 is 1.84. The summed E-state index contributed by atoms with van der Waals surface area (Å²) in [6.45, 7) is 8.02. The molecular weight excluding hydrogens is 206 g/mol. The Bertz CT molecular complexity index is 347. The zero-order chi connectivity index (χ0) is 11.1. The van der Waals surface area contributed by atoms with Crippen LogP contribution in [-0.2, 0) is 10.2 Å². The second-order valence-electron chi connectivity index (χ2n) is 5.37. The van der Waals surface area contributed by atoms with Crippen LogP contribution < -0.4 is 5.73 Å². The van der Waals surface area contributed by atoms with Gasteiger partial charge in [0, 0.05) is 10.4 Å². The fraction of sp³-hybridized carbons (Fsp3) is 0.667. The molecule has 1 aliphatic rings. The molecule has 1 fully saturated rings. The fourth-order valence-corrected chi connectivity index (χ4v) is 3.55. The van der Waals surface area contributed by atoms with Crippen molar-refractivity contribution in [2.45, 2.75) is 38.1 Å². The average Bonchev–Trinajstić information content (AvgIpc) is 2.42. The van der Waals surface area contributed by atoms with E-state index in [-0.39, 0.29) is 11.0 Å². The van der Waals surface area contributed by atoms with Gasteiger partial charge in [-0.1, -0.05) is 0 Å². The number of rotatable bonds is 3. The molecule has 1 aromatic heterocycles. The van der Waals surface area contributed by atoms with Gasteiger partial charge in [0.15, 0.2) is 0 Å². The monoisotopic (exact) mass is 225 g/mol. The van der Waals surface area contributed by atoms with Crippen molar-refractivity contribution in [1.29, 1.82) is 0 Å². The Kier molecular flexibility index (Phi) is 2.65. The minimum absolute atomic E-state index is 0.125. The van der Waals surface area contributed by atoms with Crippen LogP contribution in [0.25, 0.3) is 0 Å². The minimum atomic E-state index is -0.125. The predicted molar refractivity (Wildman–Crippen MR) is 64.4 cm³/mol. The Morgan fingerprint density at radius 3 is 2.53 bits per heavy atom. The first kappa shape index (κ1) is 11.1. The van der Waals surface area contributed by atoms with Crippen molar-refractivity contribution in [3.05, 3.63) is 21.9 Å². The highest BCUT2D eigenvalue weighted by molar-refractivity contribution is 7.10. The van der Waals surface area contributed by atoms with Crippen LogP contribution in [0.1, 0.15) is 30.7 Å². The second-order valence-corrected chi connectivity index (χ2v) is 6.29. The van der Waals surface area contributed by atoms with Gasteiger partial charge in [-0.2, -0.15) is 0 Å². The van der Waals surface area contributed by atoms with Crippen LogP contribution in [-0.4, -0.2) is 18.8 Å². The van der Waals surface area contributed by atoms with Gasteiger partial charge in [-0.15, -0.1) is 11.3 Å². The zero-order valence-corrected chi connectivity index (χ0v) is 10.5. The van der Waals surface area contributed by atoms with Gasteiger partial charge >= 0.3 is 0 Å². The van der Waals surface area contributed by atoms with Crippen LogP contribution in [0.4, 0.5) is 0 Å². The highest BCUT2D eigenvalue weighted by Gasteiger charge is 2.44. The smallest absolute Gasteiger partial charge is 0.0594 e. The maximum absolute atomic E-state index is 6.14. The molecule has 0 amide bonds. The first-order chi connectivity index (χ1) is 6.93. The van der Waals surface area contributed by atoms with Crippen LogP contribution in [0.2, 0.25) is 0 Å². The van der Waals surface area contributed by atoms with E-state index in [9.17, 15) is 0 Å². The third-order valence-electron chi connectivity index (χ3n) is 2.89. The Morgan fingerprint density at radius 1 is 1.53 bits per heavy atom. The Labute approximate surface area is 95.4 Å². The molecule has 1 aliphatic heterocycles. The molecule has 84 valence electrons. The van der Waals surface area contributed by atoms with E-state index in [0.717, 1.165) is 19.6 Å². The van der Waals surface area contributed by atoms with Gasteiger partial charge in [-0.25, -0.2) is 0 Å². The first-order valence-corrected chi connectivity index (χ1v) is 6.22. The number of thiophene rings is 1. The summed E-state index contributed by atoms with van der Waals surface area (Å²) in [7, 11) is 0. The van der Waals surface area contributed by atoms with Crippen molar-refractivity contribution < 1.29 is 4.74 Å². The molecule has 2 nitrogen and oxygen atoms in total. The molecular formula is C12H19NOS. The van der Waals surface area contributed by atoms with E-state index in [2.05, 4.69) is 32.2 Å². The molecule has 1 saturated heterocycles. The number of nitrogens with two attached hydrogens (primary N) is 1. The fourth-order valence-electron chi connectivity index (χ4n) is 2.45. The van der Waals surface area contributed by atoms with Crippen LogP contribution in [0.15, 0.2) is 11.4 Å². The van der Waals surface area contributed by atoms with Crippen molar-refractivity contribution in [3.8, 4) is 0 Å². The van der Waals surface area contributed by atoms with Gasteiger partial charge in [-0.05, 0) is 44.2 Å². The van der Waals surface area contributed by atoms with Crippen LogP contribution >= 0.6 is 11.3 Å². The second kappa shape index (κ2) is 3.58. The highest BCUT2D eigenvalue weighted by atomic mass is 32.1. The number of hydrogen-bond acceptors (Lipinski definition) is 3. The van der Waals surface area contributed by atoms with E-state index in [1.807, 2.05) is 11.3 Å². The first-order valence-electron chi connectivity index (χ1n) is 5.34. The van der Waals surface area contributed by atoms with E-state index < -0.39 is 0 Å². The average molecular weight is 225 g/mol. The third-order valence-corrected chi connectivity index (χ3v) is 4.16. The molecule has 3 heteroatoms. The number of ether oxygens (including phenoxy) is 1. The standard InChI is InChI=1S/C12H19NOS/c1-9-4-5-15-10(9)12(7-14-8-12)6-11(2,3)13/h4-5H,6-8,13H2,1-3H3. The molecule has 2 rings (SSSR count). The van der Waals surface area contributed by atoms with Gasteiger partial charge in [0.05, 0.1) is 18.6 Å². The third kappa shape index (κ3) is 2.10.